The molecule has 22 heavy (non-hydrogen) atoms. The second-order valence-corrected chi connectivity index (χ2v) is 6.94. The third-order valence-electron chi connectivity index (χ3n) is 3.08. The van der Waals surface area contributed by atoms with Crippen LogP contribution in [0.3, 0.4) is 0 Å². The Kier molecular flexibility index (Phi) is 5.63. The van der Waals surface area contributed by atoms with Gasteiger partial charge in [-0.15, -0.1) is 11.3 Å². The van der Waals surface area contributed by atoms with Gasteiger partial charge in [0.05, 0.1) is 10.9 Å². The van der Waals surface area contributed by atoms with Crippen LogP contribution in [0.1, 0.15) is 10.4 Å². The van der Waals surface area contributed by atoms with Crippen LogP contribution in [-0.2, 0) is 13.1 Å². The minimum atomic E-state index is -0.118. The lowest BCUT2D eigenvalue weighted by Gasteiger charge is -2.17. The molecule has 0 aromatic carbocycles. The topological polar surface area (TPSA) is 48.5 Å². The molecular weight excluding hydrogens is 320 g/mol. The van der Waals surface area contributed by atoms with Crippen molar-refractivity contribution in [1.82, 2.24) is 15.2 Å². The number of amides is 2. The molecule has 0 radical (unpaired) electrons. The first-order valence-electron chi connectivity index (χ1n) is 6.81. The number of urea groups is 1. The molecule has 0 aliphatic heterocycles. The largest absolute Gasteiger partial charge is 0.363 e. The fourth-order valence-electron chi connectivity index (χ4n) is 1.87. The lowest BCUT2D eigenvalue weighted by atomic mass is 10.2. The fraction of sp³-hybridized carbons (Fsp3) is 0.333. The predicted molar refractivity (Wildman–Crippen MR) is 91.6 cm³/mol. The molecule has 0 unspecified atom stereocenters. The van der Waals surface area contributed by atoms with E-state index in [0.29, 0.717) is 13.1 Å². The third-order valence-corrected chi connectivity index (χ3v) is 4.30. The van der Waals surface area contributed by atoms with Crippen molar-refractivity contribution < 1.29 is 4.79 Å². The maximum Gasteiger partial charge on any atom is 0.317 e. The van der Waals surface area contributed by atoms with E-state index >= 15 is 0 Å². The Balaban J connectivity index is 1.88. The van der Waals surface area contributed by atoms with Gasteiger partial charge in [-0.1, -0.05) is 11.6 Å². The van der Waals surface area contributed by atoms with E-state index in [1.165, 1.54) is 11.3 Å². The number of anilines is 1. The van der Waals surface area contributed by atoms with Crippen LogP contribution in [0.2, 0.25) is 4.34 Å². The third kappa shape index (κ3) is 4.61. The van der Waals surface area contributed by atoms with Gasteiger partial charge < -0.3 is 15.1 Å². The van der Waals surface area contributed by atoms with Crippen LogP contribution in [0.5, 0.6) is 0 Å². The fourth-order valence-corrected chi connectivity index (χ4v) is 3.01. The molecule has 5 nitrogen and oxygen atoms in total. The summed E-state index contributed by atoms with van der Waals surface area (Å²) in [5.74, 6) is 0.869. The molecule has 2 heterocycles. The van der Waals surface area contributed by atoms with E-state index in [1.54, 1.807) is 18.1 Å². The lowest BCUT2D eigenvalue weighted by molar-refractivity contribution is 0.207. The minimum absolute atomic E-state index is 0.118. The summed E-state index contributed by atoms with van der Waals surface area (Å²) in [6.45, 7) is 1.01. The Hall–Kier alpha value is -1.79. The van der Waals surface area contributed by atoms with Gasteiger partial charge in [0.15, 0.2) is 0 Å². The average molecular weight is 339 g/mol. The molecule has 0 spiro atoms. The zero-order valence-electron chi connectivity index (χ0n) is 12.8. The molecule has 118 valence electrons. The highest BCUT2D eigenvalue weighted by molar-refractivity contribution is 7.16. The van der Waals surface area contributed by atoms with Gasteiger partial charge in [-0.3, -0.25) is 0 Å². The highest BCUT2D eigenvalue weighted by Crippen LogP contribution is 2.22. The molecule has 2 amide bonds. The number of aromatic nitrogens is 1. The molecule has 2 aromatic rings. The highest BCUT2D eigenvalue weighted by atomic mass is 35.5. The summed E-state index contributed by atoms with van der Waals surface area (Å²) in [5, 5.41) is 2.90. The molecule has 0 aliphatic rings. The normalized spacial score (nSPS) is 10.4. The first-order valence-corrected chi connectivity index (χ1v) is 8.00. The molecule has 2 rings (SSSR count). The number of rotatable bonds is 5. The van der Waals surface area contributed by atoms with Crippen LogP contribution in [0.25, 0.3) is 0 Å². The smallest absolute Gasteiger partial charge is 0.317 e. The SMILES string of the molecule is CN(Cc1ccc(Cl)s1)C(=O)NCc1ccnc(N(C)C)c1. The van der Waals surface area contributed by atoms with Crippen molar-refractivity contribution in [2.75, 3.05) is 26.0 Å². The van der Waals surface area contributed by atoms with Gasteiger partial charge in [0.2, 0.25) is 0 Å². The number of halogens is 1. The van der Waals surface area contributed by atoms with E-state index in [4.69, 9.17) is 11.6 Å². The standard InChI is InChI=1S/C15H19ClN4OS/c1-19(2)14-8-11(6-7-17-14)9-18-15(21)20(3)10-12-4-5-13(16)22-12/h4-8H,9-10H2,1-3H3,(H,18,21). The maximum atomic E-state index is 12.1. The molecule has 0 saturated carbocycles. The number of thiophene rings is 1. The number of hydrogen-bond acceptors (Lipinski definition) is 4. The van der Waals surface area contributed by atoms with E-state index in [-0.39, 0.29) is 6.03 Å². The van der Waals surface area contributed by atoms with Crippen LogP contribution in [-0.4, -0.2) is 37.1 Å². The number of carbonyl (C=O) groups excluding carboxylic acids is 1. The number of carbonyl (C=O) groups is 1. The van der Waals surface area contributed by atoms with Crippen LogP contribution >= 0.6 is 22.9 Å². The Bertz CT molecular complexity index is 644. The Morgan fingerprint density at radius 1 is 1.32 bits per heavy atom. The first-order chi connectivity index (χ1) is 10.5. The summed E-state index contributed by atoms with van der Waals surface area (Å²) in [6.07, 6.45) is 1.74. The number of hydrogen-bond donors (Lipinski definition) is 1. The van der Waals surface area contributed by atoms with Crippen LogP contribution in [0.15, 0.2) is 30.5 Å². The number of nitrogens with zero attached hydrogens (tertiary/aromatic N) is 3. The van der Waals surface area contributed by atoms with Crippen LogP contribution in [0.4, 0.5) is 10.6 Å². The van der Waals surface area contributed by atoms with Gasteiger partial charge in [-0.05, 0) is 29.8 Å². The van der Waals surface area contributed by atoms with Gasteiger partial charge in [0.1, 0.15) is 5.82 Å². The van der Waals surface area contributed by atoms with Crippen molar-refractivity contribution in [2.24, 2.45) is 0 Å². The average Bonchev–Trinajstić information content (AvgIpc) is 2.90. The maximum absolute atomic E-state index is 12.1. The Labute approximate surface area is 139 Å². The van der Waals surface area contributed by atoms with Gasteiger partial charge in [0, 0.05) is 38.8 Å². The zero-order valence-corrected chi connectivity index (χ0v) is 14.4. The van der Waals surface area contributed by atoms with Gasteiger partial charge in [0.25, 0.3) is 0 Å². The van der Waals surface area contributed by atoms with Crippen molar-refractivity contribution in [1.29, 1.82) is 0 Å². The van der Waals surface area contributed by atoms with E-state index in [9.17, 15) is 4.79 Å². The predicted octanol–water partition coefficient (Wildman–Crippen LogP) is 3.20. The summed E-state index contributed by atoms with van der Waals surface area (Å²) < 4.78 is 0.733. The van der Waals surface area contributed by atoms with Crippen LogP contribution < -0.4 is 10.2 Å². The summed E-state index contributed by atoms with van der Waals surface area (Å²) in [6, 6.07) is 7.51. The van der Waals surface area contributed by atoms with Crippen molar-refractivity contribution >= 4 is 34.8 Å². The second-order valence-electron chi connectivity index (χ2n) is 5.14. The molecule has 2 aromatic heterocycles. The summed E-state index contributed by atoms with van der Waals surface area (Å²) in [5.41, 5.74) is 1.01. The summed E-state index contributed by atoms with van der Waals surface area (Å²) in [4.78, 5) is 21.0. The molecule has 7 heteroatoms. The Morgan fingerprint density at radius 3 is 2.73 bits per heavy atom. The number of nitrogens with one attached hydrogen (secondary N) is 1. The molecule has 0 atom stereocenters. The van der Waals surface area contributed by atoms with Crippen molar-refractivity contribution in [3.63, 3.8) is 0 Å². The van der Waals surface area contributed by atoms with Gasteiger partial charge in [-0.25, -0.2) is 9.78 Å². The van der Waals surface area contributed by atoms with E-state index in [2.05, 4.69) is 10.3 Å². The van der Waals surface area contributed by atoms with E-state index in [1.807, 2.05) is 43.3 Å². The van der Waals surface area contributed by atoms with Gasteiger partial charge >= 0.3 is 6.03 Å². The quantitative estimate of drug-likeness (QED) is 0.910. The monoisotopic (exact) mass is 338 g/mol. The zero-order chi connectivity index (χ0) is 16.1. The highest BCUT2D eigenvalue weighted by Gasteiger charge is 2.10. The number of pyridine rings is 1. The van der Waals surface area contributed by atoms with Crippen LogP contribution in [0, 0.1) is 0 Å². The van der Waals surface area contributed by atoms with E-state index < -0.39 is 0 Å². The molecular formula is C15H19ClN4OS. The Morgan fingerprint density at radius 2 is 2.09 bits per heavy atom. The molecule has 0 aliphatic carbocycles. The van der Waals surface area contributed by atoms with Crippen molar-refractivity contribution in [3.8, 4) is 0 Å². The van der Waals surface area contributed by atoms with Crippen molar-refractivity contribution in [3.05, 3.63) is 45.2 Å². The summed E-state index contributed by atoms with van der Waals surface area (Å²) in [7, 11) is 5.63. The molecule has 0 saturated heterocycles. The molecule has 1 N–H and O–H groups in total. The van der Waals surface area contributed by atoms with E-state index in [0.717, 1.165) is 20.6 Å². The minimum Gasteiger partial charge on any atom is -0.363 e. The lowest BCUT2D eigenvalue weighted by Crippen LogP contribution is -2.36. The molecule has 0 bridgehead atoms. The van der Waals surface area contributed by atoms with Crippen molar-refractivity contribution in [2.45, 2.75) is 13.1 Å². The molecule has 0 fully saturated rings. The second kappa shape index (κ2) is 7.47. The summed E-state index contributed by atoms with van der Waals surface area (Å²) >= 11 is 7.38. The first kappa shape index (κ1) is 16.6. The van der Waals surface area contributed by atoms with Gasteiger partial charge in [-0.2, -0.15) is 0 Å².